The molecule has 18 heteroatoms. The van der Waals surface area contributed by atoms with Gasteiger partial charge in [0.1, 0.15) is 30.0 Å². The first-order chi connectivity index (χ1) is 33.6. The minimum atomic E-state index is -2.49. The average molecular weight is 982 g/mol. The fourth-order valence-corrected chi connectivity index (χ4v) is 10.9. The van der Waals surface area contributed by atoms with Crippen LogP contribution in [0.4, 0.5) is 0 Å². The number of ketones is 1. The molecule has 3 aliphatic carbocycles. The maximum Gasteiger partial charge on any atom is 0.350 e. The summed E-state index contributed by atoms with van der Waals surface area (Å²) in [6.45, 7) is 9.41. The first-order valence-electron chi connectivity index (χ1n) is 23.5. The number of aliphatic hydroxyl groups excluding tert-OH is 1. The third-order valence-corrected chi connectivity index (χ3v) is 14.6. The number of hydrogen-bond acceptors (Lipinski definition) is 17. The number of amides is 1. The highest BCUT2D eigenvalue weighted by Gasteiger charge is 2.78. The summed E-state index contributed by atoms with van der Waals surface area (Å²) in [5, 5.41) is 28.9. The van der Waals surface area contributed by atoms with Gasteiger partial charge in [-0.3, -0.25) is 28.8 Å². The number of esters is 6. The van der Waals surface area contributed by atoms with Gasteiger partial charge in [0.15, 0.2) is 17.5 Å². The van der Waals surface area contributed by atoms with Crippen LogP contribution in [0.5, 0.6) is 0 Å². The Labute approximate surface area is 410 Å². The minimum Gasteiger partial charge on any atom is -0.466 e. The van der Waals surface area contributed by atoms with Crippen LogP contribution in [0.1, 0.15) is 106 Å². The van der Waals surface area contributed by atoms with Crippen LogP contribution in [-0.2, 0) is 61.9 Å². The predicted molar refractivity (Wildman–Crippen MR) is 247 cm³/mol. The fourth-order valence-electron chi connectivity index (χ4n) is 10.9. The number of aliphatic hydroxyl groups is 2. The quantitative estimate of drug-likeness (QED) is 0.107. The van der Waals surface area contributed by atoms with E-state index in [-0.39, 0.29) is 47.5 Å². The Morgan fingerprint density at radius 1 is 0.803 bits per heavy atom. The summed E-state index contributed by atoms with van der Waals surface area (Å²) < 4.78 is 41.6. The molecule has 2 bridgehead atoms. The van der Waals surface area contributed by atoms with Crippen molar-refractivity contribution in [1.29, 1.82) is 0 Å². The maximum absolute atomic E-state index is 15.7. The van der Waals surface area contributed by atoms with Crippen LogP contribution in [-0.4, -0.2) is 119 Å². The Kier molecular flexibility index (Phi) is 15.1. The van der Waals surface area contributed by atoms with E-state index in [2.05, 4.69) is 5.32 Å². The van der Waals surface area contributed by atoms with Gasteiger partial charge in [0.05, 0.1) is 49.1 Å². The zero-order chi connectivity index (χ0) is 51.6. The Balaban J connectivity index is 1.41. The van der Waals surface area contributed by atoms with Crippen molar-refractivity contribution in [2.24, 2.45) is 16.7 Å². The van der Waals surface area contributed by atoms with Gasteiger partial charge >= 0.3 is 35.8 Å². The maximum atomic E-state index is 15.7. The number of rotatable bonds is 15. The molecule has 3 fully saturated rings. The molecular formula is C53H59NO17. The Morgan fingerprint density at radius 3 is 1.96 bits per heavy atom. The lowest BCUT2D eigenvalue weighted by Crippen LogP contribution is -2.82. The van der Waals surface area contributed by atoms with E-state index in [0.717, 1.165) is 13.8 Å². The van der Waals surface area contributed by atoms with E-state index in [1.54, 1.807) is 73.7 Å². The smallest absolute Gasteiger partial charge is 0.350 e. The molecule has 4 unspecified atom stereocenters. The highest BCUT2D eigenvalue weighted by molar-refractivity contribution is 5.96. The van der Waals surface area contributed by atoms with E-state index in [1.165, 1.54) is 52.0 Å². The molecule has 0 spiro atoms. The van der Waals surface area contributed by atoms with Crippen LogP contribution in [0.25, 0.3) is 0 Å². The number of carbonyl (C=O) groups is 8. The lowest BCUT2D eigenvalue weighted by molar-refractivity contribution is -0.346. The third kappa shape index (κ3) is 9.72. The number of hydrogen-bond donors (Lipinski definition) is 3. The molecule has 1 heterocycles. The van der Waals surface area contributed by atoms with E-state index in [1.807, 2.05) is 0 Å². The van der Waals surface area contributed by atoms with Crippen LogP contribution in [0.15, 0.2) is 102 Å². The highest BCUT2D eigenvalue weighted by Crippen LogP contribution is 2.64. The fraction of sp³-hybridized carbons (Fsp3) is 0.472. The molecule has 3 aromatic carbocycles. The molecule has 0 aromatic heterocycles. The highest BCUT2D eigenvalue weighted by atomic mass is 16.6. The number of Topliss-reactive ketones (excluding diaryl/α,β-unsaturated/α-hetero) is 1. The zero-order valence-electron chi connectivity index (χ0n) is 40.5. The van der Waals surface area contributed by atoms with Crippen molar-refractivity contribution in [3.63, 3.8) is 0 Å². The topological polar surface area (TPSA) is 254 Å². The second kappa shape index (κ2) is 20.5. The van der Waals surface area contributed by atoms with Gasteiger partial charge in [-0.05, 0) is 61.7 Å². The van der Waals surface area contributed by atoms with E-state index >= 15 is 9.59 Å². The van der Waals surface area contributed by atoms with Gasteiger partial charge in [-0.1, -0.05) is 80.6 Å². The number of benzene rings is 3. The summed E-state index contributed by atoms with van der Waals surface area (Å²) in [5.74, 6) is -8.95. The predicted octanol–water partition coefficient (Wildman–Crippen LogP) is 4.63. The van der Waals surface area contributed by atoms with Gasteiger partial charge in [0.2, 0.25) is 6.10 Å². The molecule has 3 aromatic rings. The Morgan fingerprint density at radius 2 is 1.39 bits per heavy atom. The van der Waals surface area contributed by atoms with Crippen LogP contribution in [0, 0.1) is 16.7 Å². The summed E-state index contributed by atoms with van der Waals surface area (Å²) >= 11 is 0. The molecule has 378 valence electrons. The molecule has 71 heavy (non-hydrogen) atoms. The monoisotopic (exact) mass is 981 g/mol. The lowest BCUT2D eigenvalue weighted by Gasteiger charge is -2.67. The van der Waals surface area contributed by atoms with Crippen molar-refractivity contribution >= 4 is 47.5 Å². The largest absolute Gasteiger partial charge is 0.466 e. The Hall–Kier alpha value is -6.76. The van der Waals surface area contributed by atoms with Crippen molar-refractivity contribution in [3.8, 4) is 0 Å². The van der Waals surface area contributed by atoms with Crippen LogP contribution in [0.2, 0.25) is 0 Å². The molecule has 1 saturated heterocycles. The normalized spacial score (nSPS) is 29.1. The van der Waals surface area contributed by atoms with Gasteiger partial charge < -0.3 is 48.7 Å². The summed E-state index contributed by atoms with van der Waals surface area (Å²) in [5.41, 5.74) is -7.64. The molecule has 11 atom stereocenters. The molecule has 3 N–H and O–H groups in total. The van der Waals surface area contributed by atoms with Crippen molar-refractivity contribution in [3.05, 3.63) is 119 Å². The second-order valence-corrected chi connectivity index (χ2v) is 19.1. The number of ether oxygens (including phenoxy) is 7. The van der Waals surface area contributed by atoms with Gasteiger partial charge in [0, 0.05) is 37.7 Å². The molecule has 0 radical (unpaired) electrons. The van der Waals surface area contributed by atoms with Crippen LogP contribution < -0.4 is 5.32 Å². The van der Waals surface area contributed by atoms with Gasteiger partial charge in [0.25, 0.3) is 5.91 Å². The summed E-state index contributed by atoms with van der Waals surface area (Å²) in [4.78, 5) is 112. The van der Waals surface area contributed by atoms with Crippen molar-refractivity contribution in [1.82, 2.24) is 5.32 Å². The molecule has 2 saturated carbocycles. The van der Waals surface area contributed by atoms with Crippen molar-refractivity contribution in [2.75, 3.05) is 13.2 Å². The third-order valence-electron chi connectivity index (χ3n) is 14.6. The summed E-state index contributed by atoms with van der Waals surface area (Å²) in [7, 11) is 0. The number of fused-ring (bicyclic) bond motifs is 5. The van der Waals surface area contributed by atoms with Gasteiger partial charge in [-0.25, -0.2) is 9.59 Å². The SMILES string of the molecule is CCOC(=O)CCC(=O)O[C@@H](C(=O)O[C@H]1CC2(O)[C@@H](OC(=O)c3ccccc3)[C@H]3C(C)(C(=O)C(OC(C)=O)C(=C1C)C2(C)C)C(O)C[C@H]1OC[C@]13OC(C)=O)[C@@H](NC(=O)c1ccccc1)c1ccccc1. The summed E-state index contributed by atoms with van der Waals surface area (Å²) in [6, 6.07) is 22.4. The van der Waals surface area contributed by atoms with E-state index < -0.39 is 137 Å². The van der Waals surface area contributed by atoms with E-state index in [4.69, 9.17) is 33.2 Å². The van der Waals surface area contributed by atoms with Crippen LogP contribution >= 0.6 is 0 Å². The second-order valence-electron chi connectivity index (χ2n) is 19.1. The lowest BCUT2D eigenvalue weighted by atomic mass is 9.44. The number of carbonyl (C=O) groups excluding carboxylic acids is 8. The Bertz CT molecular complexity index is 2580. The van der Waals surface area contributed by atoms with E-state index in [0.29, 0.717) is 0 Å². The van der Waals surface area contributed by atoms with E-state index in [9.17, 15) is 39.0 Å². The molecule has 1 amide bonds. The van der Waals surface area contributed by atoms with Crippen LogP contribution in [0.3, 0.4) is 0 Å². The zero-order valence-corrected chi connectivity index (χ0v) is 40.5. The standard InChI is InChI=1S/C53H59NO17/c1-8-65-38(58)24-25-39(59)69-43(41(32-18-12-9-13-19-32)54-47(61)33-20-14-10-15-21-33)49(63)68-35-27-53(64)46(70-48(62)34-22-16-11-17-23-34)44-51(7,36(57)26-37-52(44,28-66-37)71-31(4)56)45(60)42(67-30(3)55)40(29(35)2)50(53,5)6/h9-23,35-37,41-44,46,57,64H,8,24-28H2,1-7H3,(H,54,61)/t35-,36?,37+,41-,42?,43+,44-,46-,51?,52-,53?/m0/s1. The van der Waals surface area contributed by atoms with Crippen molar-refractivity contribution < 1.29 is 81.7 Å². The molecule has 18 nitrogen and oxygen atoms in total. The molecule has 1 aliphatic heterocycles. The molecule has 7 rings (SSSR count). The average Bonchev–Trinajstić information content (AvgIpc) is 3.33. The first-order valence-corrected chi connectivity index (χ1v) is 23.5. The van der Waals surface area contributed by atoms with Gasteiger partial charge in [-0.15, -0.1) is 0 Å². The van der Waals surface area contributed by atoms with Crippen molar-refractivity contribution in [2.45, 2.75) is 128 Å². The number of nitrogens with one attached hydrogen (secondary N) is 1. The van der Waals surface area contributed by atoms with Gasteiger partial charge in [-0.2, -0.15) is 0 Å². The molecular weight excluding hydrogens is 923 g/mol. The first kappa shape index (κ1) is 52.1. The molecule has 4 aliphatic rings. The minimum absolute atomic E-state index is 0.0314. The summed E-state index contributed by atoms with van der Waals surface area (Å²) in [6.07, 6.45) is -11.9.